The normalized spacial score (nSPS) is 33.3. The predicted octanol–water partition coefficient (Wildman–Crippen LogP) is 3.02. The Kier molecular flexibility index (Phi) is 6.07. The Hall–Kier alpha value is -1.67. The van der Waals surface area contributed by atoms with E-state index in [-0.39, 0.29) is 6.61 Å². The topological polar surface area (TPSA) is 88.4 Å². The van der Waals surface area contributed by atoms with Crippen LogP contribution in [0.3, 0.4) is 0 Å². The lowest BCUT2D eigenvalue weighted by Gasteiger charge is -2.48. The summed E-state index contributed by atoms with van der Waals surface area (Å²) in [7, 11) is 0. The van der Waals surface area contributed by atoms with E-state index in [0.717, 1.165) is 16.9 Å². The van der Waals surface area contributed by atoms with Crippen LogP contribution in [0.25, 0.3) is 0 Å². The molecule has 0 spiro atoms. The van der Waals surface area contributed by atoms with Crippen molar-refractivity contribution in [2.45, 2.75) is 56.9 Å². The van der Waals surface area contributed by atoms with E-state index < -0.39 is 35.6 Å². The minimum absolute atomic E-state index is 0.0237. The number of aliphatic hydroxyl groups is 3. The van der Waals surface area contributed by atoms with Crippen LogP contribution < -0.4 is 4.74 Å². The van der Waals surface area contributed by atoms with Crippen molar-refractivity contribution in [2.24, 2.45) is 5.92 Å². The van der Waals surface area contributed by atoms with E-state index in [0.29, 0.717) is 23.6 Å². The first-order valence-electron chi connectivity index (χ1n) is 10.6. The number of benzene rings is 2. The zero-order valence-electron chi connectivity index (χ0n) is 17.9. The second kappa shape index (κ2) is 8.35. The highest BCUT2D eigenvalue weighted by Crippen LogP contribution is 2.53. The molecule has 2 fully saturated rings. The number of aliphatic hydroxyl groups excluding tert-OH is 3. The number of hydrogen-bond donors (Lipinski definition) is 3. The molecule has 0 amide bonds. The Morgan fingerprint density at radius 2 is 1.87 bits per heavy atom. The van der Waals surface area contributed by atoms with E-state index in [9.17, 15) is 15.3 Å². The van der Waals surface area contributed by atoms with Crippen molar-refractivity contribution in [3.8, 4) is 5.75 Å². The van der Waals surface area contributed by atoms with Gasteiger partial charge in [-0.2, -0.15) is 0 Å². The maximum Gasteiger partial charge on any atom is 0.223 e. The van der Waals surface area contributed by atoms with Gasteiger partial charge in [0.15, 0.2) is 0 Å². The monoisotopic (exact) mass is 448 g/mol. The molecule has 6 atom stereocenters. The largest absolute Gasteiger partial charge is 0.494 e. The molecule has 2 aliphatic heterocycles. The van der Waals surface area contributed by atoms with Crippen molar-refractivity contribution in [3.05, 3.63) is 64.2 Å². The van der Waals surface area contributed by atoms with Gasteiger partial charge in [-0.25, -0.2) is 0 Å². The minimum Gasteiger partial charge on any atom is -0.494 e. The molecule has 2 bridgehead atoms. The van der Waals surface area contributed by atoms with Crippen molar-refractivity contribution in [1.82, 2.24) is 0 Å². The molecular weight excluding hydrogens is 420 g/mol. The van der Waals surface area contributed by atoms with E-state index in [1.807, 2.05) is 37.3 Å². The Bertz CT molecular complexity index is 932. The average Bonchev–Trinajstić information content (AvgIpc) is 3.15. The fourth-order valence-electron chi connectivity index (χ4n) is 4.60. The summed E-state index contributed by atoms with van der Waals surface area (Å²) in [5.41, 5.74) is 1.21. The number of fused-ring (bicyclic) bond motifs is 2. The summed E-state index contributed by atoms with van der Waals surface area (Å²) in [6.07, 6.45) is -2.58. The van der Waals surface area contributed by atoms with Gasteiger partial charge in [-0.15, -0.1) is 0 Å². The maximum atomic E-state index is 11.0. The molecule has 3 N–H and O–H groups in total. The van der Waals surface area contributed by atoms with Crippen LogP contribution in [-0.4, -0.2) is 52.4 Å². The smallest absolute Gasteiger partial charge is 0.223 e. The predicted molar refractivity (Wildman–Crippen MR) is 116 cm³/mol. The molecule has 0 saturated carbocycles. The van der Waals surface area contributed by atoms with Crippen molar-refractivity contribution in [2.75, 3.05) is 13.2 Å². The standard InChI is InChI=1S/C24H29ClO6/c1-4-29-19-8-5-16(6-9-19)11-17-12-18(7-10-20(17)25)24-22(28)14(2)21(27)23(31-24,13-30-24)15(3)26/h5-10,12,14-15,21-22,26-28H,4,11,13H2,1-3H3/t14-,15+,21-,22+,23+,24-/m0/s1. The second-order valence-corrected chi connectivity index (χ2v) is 8.91. The third-order valence-corrected chi connectivity index (χ3v) is 6.89. The molecule has 7 heteroatoms. The lowest BCUT2D eigenvalue weighted by atomic mass is 9.76. The van der Waals surface area contributed by atoms with E-state index >= 15 is 0 Å². The summed E-state index contributed by atoms with van der Waals surface area (Å²) < 4.78 is 17.7. The molecule has 2 aliphatic rings. The molecule has 0 aliphatic carbocycles. The molecule has 0 unspecified atom stereocenters. The highest BCUT2D eigenvalue weighted by molar-refractivity contribution is 6.31. The molecule has 2 aromatic rings. The molecule has 6 nitrogen and oxygen atoms in total. The fraction of sp³-hybridized carbons (Fsp3) is 0.500. The van der Waals surface area contributed by atoms with Crippen LogP contribution in [0.2, 0.25) is 5.02 Å². The highest BCUT2D eigenvalue weighted by atomic mass is 35.5. The lowest BCUT2D eigenvalue weighted by Crippen LogP contribution is -2.64. The molecule has 31 heavy (non-hydrogen) atoms. The third-order valence-electron chi connectivity index (χ3n) is 6.52. The number of ether oxygens (including phenoxy) is 3. The molecule has 4 rings (SSSR count). The second-order valence-electron chi connectivity index (χ2n) is 8.50. The van der Waals surface area contributed by atoms with Crippen LogP contribution in [0.15, 0.2) is 42.5 Å². The summed E-state index contributed by atoms with van der Waals surface area (Å²) in [4.78, 5) is 0. The average molecular weight is 449 g/mol. The van der Waals surface area contributed by atoms with Crippen LogP contribution in [-0.2, 0) is 21.7 Å². The van der Waals surface area contributed by atoms with Gasteiger partial charge < -0.3 is 29.5 Å². The third kappa shape index (κ3) is 3.65. The Morgan fingerprint density at radius 3 is 2.52 bits per heavy atom. The summed E-state index contributed by atoms with van der Waals surface area (Å²) in [6.45, 7) is 5.82. The summed E-state index contributed by atoms with van der Waals surface area (Å²) >= 11 is 6.48. The first kappa shape index (κ1) is 22.5. The van der Waals surface area contributed by atoms with Crippen LogP contribution in [0.5, 0.6) is 5.75 Å². The van der Waals surface area contributed by atoms with Crippen LogP contribution >= 0.6 is 11.6 Å². The minimum atomic E-state index is -1.48. The SMILES string of the molecule is CCOc1ccc(Cc2cc([C@]34OC[C@]([C@@H](C)O)(O3)[C@@H](O)[C@H](C)[C@H]4O)ccc2Cl)cc1. The number of rotatable bonds is 6. The molecule has 2 heterocycles. The van der Waals surface area contributed by atoms with Gasteiger partial charge in [0.05, 0.1) is 25.4 Å². The Morgan fingerprint density at radius 1 is 1.16 bits per heavy atom. The van der Waals surface area contributed by atoms with Gasteiger partial charge >= 0.3 is 0 Å². The number of halogens is 1. The van der Waals surface area contributed by atoms with Crippen LogP contribution in [0.1, 0.15) is 37.5 Å². The van der Waals surface area contributed by atoms with E-state index in [2.05, 4.69) is 0 Å². The van der Waals surface area contributed by atoms with E-state index in [1.165, 1.54) is 0 Å². The Balaban J connectivity index is 1.67. The van der Waals surface area contributed by atoms with Gasteiger partial charge in [0, 0.05) is 16.5 Å². The zero-order valence-corrected chi connectivity index (χ0v) is 18.7. The highest BCUT2D eigenvalue weighted by Gasteiger charge is 2.67. The van der Waals surface area contributed by atoms with E-state index in [1.54, 1.807) is 26.0 Å². The van der Waals surface area contributed by atoms with Gasteiger partial charge in [0.25, 0.3) is 0 Å². The summed E-state index contributed by atoms with van der Waals surface area (Å²) in [5.74, 6) is -1.23. The lowest BCUT2D eigenvalue weighted by molar-refractivity contribution is -0.325. The van der Waals surface area contributed by atoms with Gasteiger partial charge in [-0.1, -0.05) is 36.7 Å². The van der Waals surface area contributed by atoms with Crippen LogP contribution in [0, 0.1) is 5.92 Å². The quantitative estimate of drug-likeness (QED) is 0.629. The fourth-order valence-corrected chi connectivity index (χ4v) is 4.78. The maximum absolute atomic E-state index is 11.0. The van der Waals surface area contributed by atoms with Crippen molar-refractivity contribution in [1.29, 1.82) is 0 Å². The first-order chi connectivity index (χ1) is 14.7. The molecule has 2 saturated heterocycles. The zero-order chi connectivity index (χ0) is 22.4. The van der Waals surface area contributed by atoms with Gasteiger partial charge in [-0.3, -0.25) is 0 Å². The first-order valence-corrected chi connectivity index (χ1v) is 11.0. The van der Waals surface area contributed by atoms with E-state index in [4.69, 9.17) is 25.8 Å². The molecular formula is C24H29ClO6. The van der Waals surface area contributed by atoms with Crippen LogP contribution in [0.4, 0.5) is 0 Å². The van der Waals surface area contributed by atoms with Gasteiger partial charge in [0.2, 0.25) is 5.79 Å². The summed E-state index contributed by atoms with van der Waals surface area (Å²) in [6, 6.07) is 13.2. The molecule has 168 valence electrons. The summed E-state index contributed by atoms with van der Waals surface area (Å²) in [5, 5.41) is 32.7. The molecule has 0 aromatic heterocycles. The van der Waals surface area contributed by atoms with Crippen molar-refractivity contribution in [3.63, 3.8) is 0 Å². The molecule has 0 radical (unpaired) electrons. The molecule has 2 aromatic carbocycles. The number of hydrogen-bond acceptors (Lipinski definition) is 6. The Labute approximate surface area is 187 Å². The van der Waals surface area contributed by atoms with Gasteiger partial charge in [0.1, 0.15) is 17.5 Å². The van der Waals surface area contributed by atoms with Gasteiger partial charge in [-0.05, 0) is 55.7 Å². The van der Waals surface area contributed by atoms with Crippen molar-refractivity contribution >= 4 is 11.6 Å². The van der Waals surface area contributed by atoms with Crippen molar-refractivity contribution < 1.29 is 29.5 Å².